The highest BCUT2D eigenvalue weighted by Gasteiger charge is 2.45. The van der Waals surface area contributed by atoms with E-state index in [1.807, 2.05) is 0 Å². The lowest BCUT2D eigenvalue weighted by Crippen LogP contribution is -2.39. The molecule has 166 valence electrons. The number of halogens is 1. The molecule has 3 rings (SSSR count). The number of carbonyl (C=O) groups excluding carboxylic acids is 1. The Labute approximate surface area is 177 Å². The van der Waals surface area contributed by atoms with Crippen molar-refractivity contribution in [3.63, 3.8) is 0 Å². The van der Waals surface area contributed by atoms with Crippen LogP contribution in [0.2, 0.25) is 0 Å². The normalized spacial score (nSPS) is 24.3. The molecule has 9 heteroatoms. The van der Waals surface area contributed by atoms with Gasteiger partial charge < -0.3 is 10.2 Å². The fourth-order valence-electron chi connectivity index (χ4n) is 4.16. The molecule has 1 saturated carbocycles. The SMILES string of the molecule is CC(C)(C)[C@H]1CC[C@]2(CC1)CC(C(=O)NCc1ccc(NS(C)(=O)=O)c(F)c1)=NO2. The van der Waals surface area contributed by atoms with Crippen molar-refractivity contribution in [3.05, 3.63) is 29.6 Å². The van der Waals surface area contributed by atoms with Gasteiger partial charge >= 0.3 is 0 Å². The maximum atomic E-state index is 14.1. The number of oxime groups is 1. The smallest absolute Gasteiger partial charge is 0.269 e. The number of carbonyl (C=O) groups is 1. The Kier molecular flexibility index (Phi) is 6.13. The zero-order valence-electron chi connectivity index (χ0n) is 17.9. The Morgan fingerprint density at radius 1 is 1.30 bits per heavy atom. The Balaban J connectivity index is 1.52. The van der Waals surface area contributed by atoms with E-state index in [-0.39, 0.29) is 29.2 Å². The third-order valence-electron chi connectivity index (χ3n) is 6.00. The zero-order chi connectivity index (χ0) is 22.2. The summed E-state index contributed by atoms with van der Waals surface area (Å²) in [4.78, 5) is 18.2. The molecule has 0 aromatic heterocycles. The van der Waals surface area contributed by atoms with Crippen LogP contribution in [-0.2, 0) is 26.2 Å². The first-order valence-electron chi connectivity index (χ1n) is 10.2. The van der Waals surface area contributed by atoms with Gasteiger partial charge in [-0.15, -0.1) is 0 Å². The molecule has 0 saturated heterocycles. The molecular formula is C21H30FN3O4S. The van der Waals surface area contributed by atoms with Crippen LogP contribution in [-0.4, -0.2) is 31.9 Å². The van der Waals surface area contributed by atoms with Gasteiger partial charge in [0.1, 0.15) is 17.1 Å². The summed E-state index contributed by atoms with van der Waals surface area (Å²) in [5, 5.41) is 6.77. The highest BCUT2D eigenvalue weighted by Crippen LogP contribution is 2.45. The quantitative estimate of drug-likeness (QED) is 0.733. The molecule has 1 spiro atoms. The molecule has 1 amide bonds. The lowest BCUT2D eigenvalue weighted by molar-refractivity contribution is -0.115. The Morgan fingerprint density at radius 2 is 1.97 bits per heavy atom. The van der Waals surface area contributed by atoms with Crippen LogP contribution in [0.3, 0.4) is 0 Å². The third kappa shape index (κ3) is 5.50. The molecule has 0 unspecified atom stereocenters. The number of nitrogens with one attached hydrogen (secondary N) is 2. The molecule has 1 aromatic carbocycles. The predicted octanol–water partition coefficient (Wildman–Crippen LogP) is 3.56. The predicted molar refractivity (Wildman–Crippen MR) is 114 cm³/mol. The number of hydrogen-bond donors (Lipinski definition) is 2. The van der Waals surface area contributed by atoms with Gasteiger partial charge in [0.25, 0.3) is 5.91 Å². The lowest BCUT2D eigenvalue weighted by Gasteiger charge is -2.40. The number of benzene rings is 1. The van der Waals surface area contributed by atoms with Crippen LogP contribution < -0.4 is 10.0 Å². The van der Waals surface area contributed by atoms with E-state index >= 15 is 0 Å². The number of sulfonamides is 1. The molecule has 2 aliphatic rings. The first-order valence-corrected chi connectivity index (χ1v) is 12.1. The minimum absolute atomic E-state index is 0.104. The molecule has 1 aliphatic heterocycles. The Morgan fingerprint density at radius 3 is 2.53 bits per heavy atom. The van der Waals surface area contributed by atoms with Crippen LogP contribution >= 0.6 is 0 Å². The van der Waals surface area contributed by atoms with Crippen molar-refractivity contribution in [2.75, 3.05) is 11.0 Å². The maximum absolute atomic E-state index is 14.1. The number of nitrogens with zero attached hydrogens (tertiary/aromatic N) is 1. The summed E-state index contributed by atoms with van der Waals surface area (Å²) < 4.78 is 38.7. The van der Waals surface area contributed by atoms with Crippen molar-refractivity contribution >= 4 is 27.3 Å². The molecule has 0 radical (unpaired) electrons. The fraction of sp³-hybridized carbons (Fsp3) is 0.619. The molecule has 2 N–H and O–H groups in total. The Bertz CT molecular complexity index is 945. The number of hydrogen-bond acceptors (Lipinski definition) is 5. The van der Waals surface area contributed by atoms with E-state index < -0.39 is 15.8 Å². The van der Waals surface area contributed by atoms with Gasteiger partial charge in [-0.25, -0.2) is 12.8 Å². The molecule has 1 fully saturated rings. The van der Waals surface area contributed by atoms with Crippen molar-refractivity contribution in [1.82, 2.24) is 5.32 Å². The first-order chi connectivity index (χ1) is 13.9. The van der Waals surface area contributed by atoms with Crippen LogP contribution in [0.5, 0.6) is 0 Å². The largest absolute Gasteiger partial charge is 0.388 e. The minimum atomic E-state index is -3.56. The van der Waals surface area contributed by atoms with Gasteiger partial charge in [0.15, 0.2) is 0 Å². The molecule has 7 nitrogen and oxygen atoms in total. The van der Waals surface area contributed by atoms with Crippen LogP contribution in [0, 0.1) is 17.2 Å². The van der Waals surface area contributed by atoms with Gasteiger partial charge in [0, 0.05) is 13.0 Å². The van der Waals surface area contributed by atoms with Gasteiger partial charge in [0.2, 0.25) is 10.0 Å². The summed E-state index contributed by atoms with van der Waals surface area (Å²) in [5.41, 5.74) is 0.636. The summed E-state index contributed by atoms with van der Waals surface area (Å²) in [6, 6.07) is 4.08. The van der Waals surface area contributed by atoms with Crippen molar-refractivity contribution in [2.45, 2.75) is 65.0 Å². The summed E-state index contributed by atoms with van der Waals surface area (Å²) in [5.74, 6) is -0.397. The Hall–Kier alpha value is -2.16. The van der Waals surface area contributed by atoms with Gasteiger partial charge in [-0.1, -0.05) is 32.0 Å². The molecule has 0 atom stereocenters. The van der Waals surface area contributed by atoms with Crippen LogP contribution in [0.4, 0.5) is 10.1 Å². The lowest BCUT2D eigenvalue weighted by atomic mass is 9.67. The molecular weight excluding hydrogens is 409 g/mol. The molecule has 1 aliphatic carbocycles. The second-order valence-electron chi connectivity index (χ2n) is 9.50. The number of anilines is 1. The van der Waals surface area contributed by atoms with Gasteiger partial charge in [0.05, 0.1) is 11.9 Å². The number of amides is 1. The molecule has 30 heavy (non-hydrogen) atoms. The van der Waals surface area contributed by atoms with E-state index in [0.29, 0.717) is 23.6 Å². The molecule has 1 heterocycles. The van der Waals surface area contributed by atoms with Gasteiger partial charge in [-0.3, -0.25) is 9.52 Å². The second kappa shape index (κ2) is 8.17. The monoisotopic (exact) mass is 439 g/mol. The average molecular weight is 440 g/mol. The second-order valence-corrected chi connectivity index (χ2v) is 11.2. The van der Waals surface area contributed by atoms with E-state index in [1.54, 1.807) is 6.07 Å². The highest BCUT2D eigenvalue weighted by molar-refractivity contribution is 7.92. The van der Waals surface area contributed by atoms with E-state index in [0.717, 1.165) is 31.9 Å². The van der Waals surface area contributed by atoms with Crippen LogP contribution in [0.25, 0.3) is 0 Å². The van der Waals surface area contributed by atoms with Crippen LogP contribution in [0.1, 0.15) is 58.4 Å². The third-order valence-corrected chi connectivity index (χ3v) is 6.60. The fourth-order valence-corrected chi connectivity index (χ4v) is 4.72. The van der Waals surface area contributed by atoms with Gasteiger partial charge in [-0.05, 0) is 54.7 Å². The van der Waals surface area contributed by atoms with E-state index in [2.05, 4.69) is 36.0 Å². The zero-order valence-corrected chi connectivity index (χ0v) is 18.7. The summed E-state index contributed by atoms with van der Waals surface area (Å²) in [6.07, 6.45) is 5.32. The van der Waals surface area contributed by atoms with E-state index in [4.69, 9.17) is 4.84 Å². The topological polar surface area (TPSA) is 96.9 Å². The summed E-state index contributed by atoms with van der Waals surface area (Å²) in [6.45, 7) is 6.88. The first kappa shape index (κ1) is 22.5. The molecule has 0 bridgehead atoms. The van der Waals surface area contributed by atoms with Crippen molar-refractivity contribution in [2.24, 2.45) is 16.5 Å². The van der Waals surface area contributed by atoms with E-state index in [1.165, 1.54) is 12.1 Å². The van der Waals surface area contributed by atoms with Crippen molar-refractivity contribution in [3.8, 4) is 0 Å². The van der Waals surface area contributed by atoms with E-state index in [9.17, 15) is 17.6 Å². The average Bonchev–Trinajstić information content (AvgIpc) is 3.04. The maximum Gasteiger partial charge on any atom is 0.269 e. The highest BCUT2D eigenvalue weighted by atomic mass is 32.2. The van der Waals surface area contributed by atoms with Crippen LogP contribution in [0.15, 0.2) is 23.4 Å². The van der Waals surface area contributed by atoms with Crippen molar-refractivity contribution < 1.29 is 22.4 Å². The number of rotatable bonds is 5. The van der Waals surface area contributed by atoms with Crippen molar-refractivity contribution in [1.29, 1.82) is 0 Å². The summed E-state index contributed by atoms with van der Waals surface area (Å²) >= 11 is 0. The van der Waals surface area contributed by atoms with Gasteiger partial charge in [-0.2, -0.15) is 0 Å². The minimum Gasteiger partial charge on any atom is -0.388 e. The summed E-state index contributed by atoms with van der Waals surface area (Å²) in [7, 11) is -3.56. The molecule has 1 aromatic rings. The standard InChI is InChI=1S/C21H30FN3O4S/c1-20(2,3)15-7-9-21(10-8-15)12-18(24-29-21)19(26)23-13-14-5-6-17(16(22)11-14)25-30(4,27)28/h5-6,11,15,25H,7-10,12-13H2,1-4H3,(H,23,26)/t15-,21-.